The van der Waals surface area contributed by atoms with Gasteiger partial charge in [0, 0.05) is 36.7 Å². The summed E-state index contributed by atoms with van der Waals surface area (Å²) >= 11 is 0. The van der Waals surface area contributed by atoms with Crippen LogP contribution in [0.3, 0.4) is 0 Å². The molecule has 7 nitrogen and oxygen atoms in total. The van der Waals surface area contributed by atoms with Crippen LogP contribution < -0.4 is 5.32 Å². The van der Waals surface area contributed by atoms with Crippen molar-refractivity contribution < 1.29 is 9.59 Å². The van der Waals surface area contributed by atoms with Gasteiger partial charge in [0.05, 0.1) is 12.5 Å². The van der Waals surface area contributed by atoms with Crippen molar-refractivity contribution >= 4 is 17.5 Å². The number of carbonyl (C=O) groups is 2. The summed E-state index contributed by atoms with van der Waals surface area (Å²) in [6.45, 7) is 1.27. The number of aromatic amines is 1. The van der Waals surface area contributed by atoms with E-state index < -0.39 is 5.54 Å². The zero-order valence-corrected chi connectivity index (χ0v) is 15.3. The van der Waals surface area contributed by atoms with Crippen molar-refractivity contribution in [2.75, 3.05) is 18.9 Å². The Labute approximate surface area is 157 Å². The third-order valence-electron chi connectivity index (χ3n) is 6.39. The van der Waals surface area contributed by atoms with Crippen molar-refractivity contribution in [2.24, 2.45) is 5.92 Å². The van der Waals surface area contributed by atoms with Gasteiger partial charge in [-0.15, -0.1) is 0 Å². The zero-order valence-electron chi connectivity index (χ0n) is 15.3. The molecule has 2 fully saturated rings. The van der Waals surface area contributed by atoms with Crippen LogP contribution >= 0.6 is 0 Å². The van der Waals surface area contributed by atoms with Crippen molar-refractivity contribution in [3.05, 3.63) is 48.0 Å². The Morgan fingerprint density at radius 2 is 2.26 bits per heavy atom. The Bertz CT molecular complexity index is 896. The van der Waals surface area contributed by atoms with E-state index in [1.165, 1.54) is 0 Å². The van der Waals surface area contributed by atoms with Gasteiger partial charge in [-0.25, -0.2) is 4.98 Å². The Balaban J connectivity index is 1.55. The maximum Gasteiger partial charge on any atom is 0.250 e. The fraction of sp³-hybridized carbons (Fsp3) is 0.450. The molecule has 0 bridgehead atoms. The summed E-state index contributed by atoms with van der Waals surface area (Å²) in [7, 11) is 1.79. The van der Waals surface area contributed by atoms with Crippen LogP contribution in [0.1, 0.15) is 30.7 Å². The average molecular weight is 365 g/mol. The minimum Gasteiger partial charge on any atom is -0.347 e. The molecule has 2 amide bonds. The standard InChI is InChI=1S/C20H23N5O2/c1-24(12-17-21-8-9-22-17)18(26)15-11-13-5-4-10-25(13)20(15)14-6-2-3-7-16(14)23-19(20)27/h2-3,6-9,13,15H,4-5,10-12H2,1H3,(H,21,22)(H,23,27)/t13-,15+,20+/m1/s1. The number of para-hydroxylation sites is 1. The van der Waals surface area contributed by atoms with Crippen molar-refractivity contribution in [3.63, 3.8) is 0 Å². The molecule has 2 N–H and O–H groups in total. The fourth-order valence-electron chi connectivity index (χ4n) is 5.32. The predicted octanol–water partition coefficient (Wildman–Crippen LogP) is 1.70. The van der Waals surface area contributed by atoms with Crippen molar-refractivity contribution in [1.82, 2.24) is 19.8 Å². The van der Waals surface area contributed by atoms with E-state index >= 15 is 0 Å². The lowest BCUT2D eigenvalue weighted by Crippen LogP contribution is -2.54. The lowest BCUT2D eigenvalue weighted by atomic mass is 9.78. The second kappa shape index (κ2) is 5.92. The zero-order chi connectivity index (χ0) is 18.6. The molecule has 0 radical (unpaired) electrons. The van der Waals surface area contributed by atoms with Gasteiger partial charge in [-0.3, -0.25) is 14.5 Å². The van der Waals surface area contributed by atoms with Crippen LogP contribution in [0.25, 0.3) is 0 Å². The maximum atomic E-state index is 13.5. The molecule has 3 aliphatic heterocycles. The molecule has 5 rings (SSSR count). The van der Waals surface area contributed by atoms with E-state index in [-0.39, 0.29) is 23.8 Å². The quantitative estimate of drug-likeness (QED) is 0.868. The monoisotopic (exact) mass is 365 g/mol. The van der Waals surface area contributed by atoms with Gasteiger partial charge in [0.2, 0.25) is 11.8 Å². The Morgan fingerprint density at radius 1 is 1.41 bits per heavy atom. The number of aromatic nitrogens is 2. The van der Waals surface area contributed by atoms with E-state index in [1.807, 2.05) is 24.3 Å². The van der Waals surface area contributed by atoms with Crippen LogP contribution in [0.2, 0.25) is 0 Å². The number of rotatable bonds is 3. The largest absolute Gasteiger partial charge is 0.347 e. The highest BCUT2D eigenvalue weighted by Gasteiger charge is 2.65. The van der Waals surface area contributed by atoms with E-state index in [9.17, 15) is 9.59 Å². The van der Waals surface area contributed by atoms with Crippen LogP contribution in [0.15, 0.2) is 36.7 Å². The highest BCUT2D eigenvalue weighted by Crippen LogP contribution is 2.55. The molecule has 27 heavy (non-hydrogen) atoms. The summed E-state index contributed by atoms with van der Waals surface area (Å²) in [4.78, 5) is 38.1. The number of nitrogens with zero attached hydrogens (tertiary/aromatic N) is 3. The van der Waals surface area contributed by atoms with Gasteiger partial charge >= 0.3 is 0 Å². The van der Waals surface area contributed by atoms with Crippen LogP contribution in [-0.2, 0) is 21.7 Å². The first-order valence-electron chi connectivity index (χ1n) is 9.53. The highest BCUT2D eigenvalue weighted by atomic mass is 16.2. The molecule has 3 atom stereocenters. The lowest BCUT2D eigenvalue weighted by molar-refractivity contribution is -0.143. The number of fused-ring (bicyclic) bond motifs is 4. The fourth-order valence-corrected chi connectivity index (χ4v) is 5.32. The van der Waals surface area contributed by atoms with E-state index in [4.69, 9.17) is 0 Å². The number of carbonyl (C=O) groups excluding carboxylic acids is 2. The predicted molar refractivity (Wildman–Crippen MR) is 99.6 cm³/mol. The molecule has 140 valence electrons. The molecular formula is C20H23N5O2. The first-order valence-corrected chi connectivity index (χ1v) is 9.53. The van der Waals surface area contributed by atoms with Gasteiger partial charge in [-0.2, -0.15) is 0 Å². The summed E-state index contributed by atoms with van der Waals surface area (Å²) in [5.74, 6) is 0.312. The molecule has 0 saturated carbocycles. The van der Waals surface area contributed by atoms with Crippen LogP contribution in [0.5, 0.6) is 0 Å². The normalized spacial score (nSPS) is 29.0. The number of anilines is 1. The molecule has 2 saturated heterocycles. The van der Waals surface area contributed by atoms with Crippen LogP contribution in [-0.4, -0.2) is 51.2 Å². The summed E-state index contributed by atoms with van der Waals surface area (Å²) in [6.07, 6.45) is 6.28. The number of imidazole rings is 1. The smallest absolute Gasteiger partial charge is 0.250 e. The maximum absolute atomic E-state index is 13.5. The molecule has 4 heterocycles. The van der Waals surface area contributed by atoms with Gasteiger partial charge in [0.25, 0.3) is 0 Å². The first-order chi connectivity index (χ1) is 13.1. The molecule has 1 aromatic carbocycles. The summed E-state index contributed by atoms with van der Waals surface area (Å²) in [5.41, 5.74) is 0.900. The topological polar surface area (TPSA) is 81.3 Å². The Kier molecular flexibility index (Phi) is 3.62. The minimum absolute atomic E-state index is 0.00709. The summed E-state index contributed by atoms with van der Waals surface area (Å²) in [6, 6.07) is 8.10. The Hall–Kier alpha value is -2.67. The molecule has 3 aliphatic rings. The van der Waals surface area contributed by atoms with E-state index in [0.717, 1.165) is 42.9 Å². The Morgan fingerprint density at radius 3 is 3.07 bits per heavy atom. The molecular weight excluding hydrogens is 342 g/mol. The van der Waals surface area contributed by atoms with E-state index in [0.29, 0.717) is 6.54 Å². The number of hydrogen-bond donors (Lipinski definition) is 2. The molecule has 7 heteroatoms. The van der Waals surface area contributed by atoms with Gasteiger partial charge in [-0.1, -0.05) is 18.2 Å². The average Bonchev–Trinajstić information content (AvgIpc) is 3.41. The van der Waals surface area contributed by atoms with E-state index in [1.54, 1.807) is 24.3 Å². The molecule has 0 aliphatic carbocycles. The van der Waals surface area contributed by atoms with E-state index in [2.05, 4.69) is 20.2 Å². The lowest BCUT2D eigenvalue weighted by Gasteiger charge is -2.37. The second-order valence-corrected chi connectivity index (χ2v) is 7.77. The van der Waals surface area contributed by atoms with Crippen LogP contribution in [0, 0.1) is 5.92 Å². The summed E-state index contributed by atoms with van der Waals surface area (Å²) in [5, 5.41) is 3.04. The number of amides is 2. The number of H-pyrrole nitrogens is 1. The van der Waals surface area contributed by atoms with Gasteiger partial charge in [-0.05, 0) is 31.9 Å². The van der Waals surface area contributed by atoms with Gasteiger partial charge < -0.3 is 15.2 Å². The number of benzene rings is 1. The van der Waals surface area contributed by atoms with Crippen molar-refractivity contribution in [1.29, 1.82) is 0 Å². The number of hydrogen-bond acceptors (Lipinski definition) is 4. The third-order valence-corrected chi connectivity index (χ3v) is 6.39. The second-order valence-electron chi connectivity index (χ2n) is 7.77. The van der Waals surface area contributed by atoms with Gasteiger partial charge in [0.1, 0.15) is 11.4 Å². The molecule has 0 unspecified atom stereocenters. The summed E-state index contributed by atoms with van der Waals surface area (Å²) < 4.78 is 0. The first kappa shape index (κ1) is 16.5. The van der Waals surface area contributed by atoms with Crippen LogP contribution in [0.4, 0.5) is 5.69 Å². The molecule has 1 spiro atoms. The van der Waals surface area contributed by atoms with Gasteiger partial charge in [0.15, 0.2) is 0 Å². The molecule has 1 aromatic heterocycles. The number of nitrogens with one attached hydrogen (secondary N) is 2. The highest BCUT2D eigenvalue weighted by molar-refractivity contribution is 6.09. The van der Waals surface area contributed by atoms with Crippen molar-refractivity contribution in [3.8, 4) is 0 Å². The third kappa shape index (κ3) is 2.21. The molecule has 2 aromatic rings. The SMILES string of the molecule is CN(Cc1ncc[nH]1)C(=O)[C@@H]1C[C@H]2CCCN2[C@]12C(=O)Nc1ccccc12. The minimum atomic E-state index is -0.883. The van der Waals surface area contributed by atoms with Crippen molar-refractivity contribution in [2.45, 2.75) is 37.4 Å².